The van der Waals surface area contributed by atoms with Crippen LogP contribution < -0.4 is 5.32 Å². The third-order valence-corrected chi connectivity index (χ3v) is 3.29. The summed E-state index contributed by atoms with van der Waals surface area (Å²) in [5.41, 5.74) is 0.304. The van der Waals surface area contributed by atoms with Gasteiger partial charge in [0.2, 0.25) is 0 Å². The van der Waals surface area contributed by atoms with Crippen molar-refractivity contribution in [2.24, 2.45) is 0 Å². The summed E-state index contributed by atoms with van der Waals surface area (Å²) in [6.07, 6.45) is 0.903. The van der Waals surface area contributed by atoms with Crippen molar-refractivity contribution >= 4 is 11.7 Å². The fourth-order valence-electron chi connectivity index (χ4n) is 2.14. The van der Waals surface area contributed by atoms with Crippen LogP contribution in [0.15, 0.2) is 18.2 Å². The van der Waals surface area contributed by atoms with E-state index in [0.717, 1.165) is 45.3 Å². The number of halogens is 1. The van der Waals surface area contributed by atoms with Crippen molar-refractivity contribution in [3.8, 4) is 0 Å². The zero-order valence-corrected chi connectivity index (χ0v) is 11.3. The van der Waals surface area contributed by atoms with E-state index in [1.54, 1.807) is 0 Å². The molecule has 20 heavy (non-hydrogen) atoms. The Bertz CT molecular complexity index is 462. The average molecular weight is 282 g/mol. The summed E-state index contributed by atoms with van der Waals surface area (Å²) in [6, 6.07) is 3.90. The van der Waals surface area contributed by atoms with Crippen LogP contribution in [0.4, 0.5) is 10.1 Å². The first kappa shape index (κ1) is 14.7. The summed E-state index contributed by atoms with van der Waals surface area (Å²) in [7, 11) is 0. The van der Waals surface area contributed by atoms with E-state index in [9.17, 15) is 9.18 Å². The summed E-state index contributed by atoms with van der Waals surface area (Å²) in [4.78, 5) is 13.0. The molecular weight excluding hydrogens is 263 g/mol. The highest BCUT2D eigenvalue weighted by molar-refractivity contribution is 5.88. The standard InChI is InChI=1S/C14H19FN2O3/c15-12-10-11(14(18)19)2-3-13(12)16-4-1-5-17-6-8-20-9-7-17/h2-3,10,16H,1,4-9H2,(H,18,19). The van der Waals surface area contributed by atoms with E-state index in [2.05, 4.69) is 10.2 Å². The van der Waals surface area contributed by atoms with Gasteiger partial charge in [-0.1, -0.05) is 0 Å². The average Bonchev–Trinajstić information content (AvgIpc) is 2.46. The molecule has 0 aromatic heterocycles. The minimum atomic E-state index is -1.12. The first-order valence-corrected chi connectivity index (χ1v) is 6.73. The molecule has 6 heteroatoms. The van der Waals surface area contributed by atoms with E-state index >= 15 is 0 Å². The summed E-state index contributed by atoms with van der Waals surface area (Å²) >= 11 is 0. The summed E-state index contributed by atoms with van der Waals surface area (Å²) in [6.45, 7) is 5.05. The van der Waals surface area contributed by atoms with Crippen LogP contribution in [0.3, 0.4) is 0 Å². The Morgan fingerprint density at radius 1 is 1.40 bits per heavy atom. The van der Waals surface area contributed by atoms with Gasteiger partial charge in [0.05, 0.1) is 24.5 Å². The fourth-order valence-corrected chi connectivity index (χ4v) is 2.14. The monoisotopic (exact) mass is 282 g/mol. The highest BCUT2D eigenvalue weighted by Crippen LogP contribution is 2.15. The van der Waals surface area contributed by atoms with Crippen molar-refractivity contribution < 1.29 is 19.0 Å². The maximum Gasteiger partial charge on any atom is 0.335 e. The smallest absolute Gasteiger partial charge is 0.335 e. The topological polar surface area (TPSA) is 61.8 Å². The van der Waals surface area contributed by atoms with E-state index in [-0.39, 0.29) is 5.56 Å². The van der Waals surface area contributed by atoms with Crippen LogP contribution in [-0.2, 0) is 4.74 Å². The lowest BCUT2D eigenvalue weighted by Crippen LogP contribution is -2.37. The molecule has 2 rings (SSSR count). The molecule has 1 aromatic rings. The first-order valence-electron chi connectivity index (χ1n) is 6.73. The van der Waals surface area contributed by atoms with Crippen molar-refractivity contribution in [2.75, 3.05) is 44.7 Å². The first-order chi connectivity index (χ1) is 9.66. The number of hydrogen-bond acceptors (Lipinski definition) is 4. The number of rotatable bonds is 6. The molecule has 1 aromatic carbocycles. The van der Waals surface area contributed by atoms with E-state index in [4.69, 9.17) is 9.84 Å². The number of nitrogens with zero attached hydrogens (tertiary/aromatic N) is 1. The Morgan fingerprint density at radius 3 is 2.80 bits per heavy atom. The van der Waals surface area contributed by atoms with Crippen molar-refractivity contribution in [1.82, 2.24) is 4.90 Å². The molecule has 0 bridgehead atoms. The molecule has 0 amide bonds. The molecule has 1 saturated heterocycles. The minimum absolute atomic E-state index is 0.0404. The van der Waals surface area contributed by atoms with Gasteiger partial charge in [0.25, 0.3) is 0 Å². The third kappa shape index (κ3) is 4.18. The Labute approximate surface area is 117 Å². The van der Waals surface area contributed by atoms with Crippen molar-refractivity contribution in [2.45, 2.75) is 6.42 Å². The van der Waals surface area contributed by atoms with Crippen molar-refractivity contribution in [3.05, 3.63) is 29.6 Å². The van der Waals surface area contributed by atoms with E-state index in [0.29, 0.717) is 12.2 Å². The number of carboxylic acids is 1. The molecule has 0 unspecified atom stereocenters. The van der Waals surface area contributed by atoms with Gasteiger partial charge in [-0.2, -0.15) is 0 Å². The number of aromatic carboxylic acids is 1. The number of nitrogens with one attached hydrogen (secondary N) is 1. The van der Waals surface area contributed by atoms with E-state index in [1.807, 2.05) is 0 Å². The van der Waals surface area contributed by atoms with Crippen LogP contribution in [0.5, 0.6) is 0 Å². The fraction of sp³-hybridized carbons (Fsp3) is 0.500. The predicted octanol–water partition coefficient (Wildman–Crippen LogP) is 1.66. The number of carboxylic acid groups (broad SMARTS) is 1. The van der Waals surface area contributed by atoms with Gasteiger partial charge in [-0.25, -0.2) is 9.18 Å². The Kier molecular flexibility index (Phi) is 5.31. The van der Waals surface area contributed by atoms with Gasteiger partial charge in [0, 0.05) is 19.6 Å². The van der Waals surface area contributed by atoms with Gasteiger partial charge in [0.1, 0.15) is 5.82 Å². The lowest BCUT2D eigenvalue weighted by molar-refractivity contribution is 0.0378. The number of morpholine rings is 1. The number of anilines is 1. The maximum absolute atomic E-state index is 13.6. The largest absolute Gasteiger partial charge is 0.478 e. The Balaban J connectivity index is 1.74. The number of carbonyl (C=O) groups is 1. The van der Waals surface area contributed by atoms with Gasteiger partial charge in [-0.3, -0.25) is 4.90 Å². The van der Waals surface area contributed by atoms with E-state index in [1.165, 1.54) is 12.1 Å². The molecule has 0 atom stereocenters. The van der Waals surface area contributed by atoms with Crippen LogP contribution >= 0.6 is 0 Å². The molecule has 2 N–H and O–H groups in total. The van der Waals surface area contributed by atoms with Gasteiger partial charge < -0.3 is 15.2 Å². The molecule has 0 saturated carbocycles. The molecule has 0 spiro atoms. The lowest BCUT2D eigenvalue weighted by Gasteiger charge is -2.26. The van der Waals surface area contributed by atoms with Gasteiger partial charge in [0.15, 0.2) is 0 Å². The van der Waals surface area contributed by atoms with Crippen LogP contribution in [0.2, 0.25) is 0 Å². The van der Waals surface area contributed by atoms with Crippen LogP contribution in [0.25, 0.3) is 0 Å². The zero-order valence-electron chi connectivity index (χ0n) is 11.3. The number of ether oxygens (including phenoxy) is 1. The molecule has 5 nitrogen and oxygen atoms in total. The highest BCUT2D eigenvalue weighted by atomic mass is 19.1. The van der Waals surface area contributed by atoms with E-state index < -0.39 is 11.8 Å². The Hall–Kier alpha value is -1.66. The second kappa shape index (κ2) is 7.21. The SMILES string of the molecule is O=C(O)c1ccc(NCCCN2CCOCC2)c(F)c1. The molecule has 1 aliphatic rings. The van der Waals surface area contributed by atoms with Crippen molar-refractivity contribution in [3.63, 3.8) is 0 Å². The molecule has 0 aliphatic carbocycles. The second-order valence-corrected chi connectivity index (χ2v) is 4.73. The zero-order chi connectivity index (χ0) is 14.4. The highest BCUT2D eigenvalue weighted by Gasteiger charge is 2.10. The van der Waals surface area contributed by atoms with Crippen molar-refractivity contribution in [1.29, 1.82) is 0 Å². The van der Waals surface area contributed by atoms with Gasteiger partial charge in [-0.05, 0) is 31.2 Å². The van der Waals surface area contributed by atoms with Gasteiger partial charge in [-0.15, -0.1) is 0 Å². The molecule has 0 radical (unpaired) electrons. The summed E-state index contributed by atoms with van der Waals surface area (Å²) in [5, 5.41) is 11.7. The second-order valence-electron chi connectivity index (χ2n) is 4.73. The molecule has 1 fully saturated rings. The number of benzene rings is 1. The summed E-state index contributed by atoms with van der Waals surface area (Å²) in [5.74, 6) is -1.65. The molecule has 1 aliphatic heterocycles. The Morgan fingerprint density at radius 2 is 2.15 bits per heavy atom. The van der Waals surface area contributed by atoms with Crippen LogP contribution in [0.1, 0.15) is 16.8 Å². The molecule has 1 heterocycles. The quantitative estimate of drug-likeness (QED) is 0.777. The number of hydrogen-bond donors (Lipinski definition) is 2. The van der Waals surface area contributed by atoms with Crippen LogP contribution in [-0.4, -0.2) is 55.4 Å². The predicted molar refractivity (Wildman–Crippen MR) is 73.7 cm³/mol. The maximum atomic E-state index is 13.6. The minimum Gasteiger partial charge on any atom is -0.478 e. The lowest BCUT2D eigenvalue weighted by atomic mass is 10.2. The third-order valence-electron chi connectivity index (χ3n) is 3.29. The molecular formula is C14H19FN2O3. The van der Waals surface area contributed by atoms with Gasteiger partial charge >= 0.3 is 5.97 Å². The summed E-state index contributed by atoms with van der Waals surface area (Å²) < 4.78 is 18.9. The molecule has 110 valence electrons. The normalized spacial score (nSPS) is 16.1. The van der Waals surface area contributed by atoms with Crippen LogP contribution in [0, 0.1) is 5.82 Å².